The third kappa shape index (κ3) is 5.34. The zero-order chi connectivity index (χ0) is 28.9. The van der Waals surface area contributed by atoms with Gasteiger partial charge >= 0.3 is 0 Å². The van der Waals surface area contributed by atoms with Crippen molar-refractivity contribution >= 4 is 50.1 Å². The zero-order valence-corrected chi connectivity index (χ0v) is 24.1. The lowest BCUT2D eigenvalue weighted by Crippen LogP contribution is -2.31. The smallest absolute Gasteiger partial charge is 0.285 e. The molecule has 40 heavy (non-hydrogen) atoms. The SMILES string of the molecule is Cc1cc([C@@H](C)Nc2ccc(Cl)nc2C(=O)NS(C)(=O)=O)c2nc(N3Cc4cnc(C)nc4C3)n(C)c(=O)c2c1. The van der Waals surface area contributed by atoms with E-state index in [0.717, 1.165) is 23.1 Å². The van der Waals surface area contributed by atoms with Crippen molar-refractivity contribution in [3.05, 3.63) is 79.9 Å². The maximum atomic E-state index is 13.5. The van der Waals surface area contributed by atoms with Gasteiger partial charge in [-0.1, -0.05) is 17.7 Å². The quantitative estimate of drug-likeness (QED) is 0.325. The molecule has 5 rings (SSSR count). The molecule has 3 aromatic heterocycles. The van der Waals surface area contributed by atoms with Crippen LogP contribution in [-0.2, 0) is 30.2 Å². The molecule has 1 aliphatic heterocycles. The van der Waals surface area contributed by atoms with Gasteiger partial charge in [0.1, 0.15) is 11.0 Å². The van der Waals surface area contributed by atoms with Gasteiger partial charge in [0.05, 0.1) is 41.1 Å². The van der Waals surface area contributed by atoms with Crippen LogP contribution in [0.2, 0.25) is 5.15 Å². The van der Waals surface area contributed by atoms with Crippen LogP contribution in [0.5, 0.6) is 0 Å². The number of sulfonamides is 1. The maximum Gasteiger partial charge on any atom is 0.285 e. The number of aromatic nitrogens is 5. The number of amides is 1. The van der Waals surface area contributed by atoms with Crippen molar-refractivity contribution in [2.75, 3.05) is 16.5 Å². The molecule has 0 fully saturated rings. The molecule has 1 atom stereocenters. The van der Waals surface area contributed by atoms with Crippen LogP contribution >= 0.6 is 11.6 Å². The van der Waals surface area contributed by atoms with Crippen molar-refractivity contribution in [1.82, 2.24) is 29.2 Å². The monoisotopic (exact) mass is 582 g/mol. The fourth-order valence-electron chi connectivity index (χ4n) is 4.80. The summed E-state index contributed by atoms with van der Waals surface area (Å²) in [6, 6.07) is 6.29. The first-order chi connectivity index (χ1) is 18.8. The lowest BCUT2D eigenvalue weighted by molar-refractivity contribution is 0.0977. The average Bonchev–Trinajstić information content (AvgIpc) is 3.28. The summed E-state index contributed by atoms with van der Waals surface area (Å²) in [7, 11) is -2.14. The fraction of sp³-hybridized carbons (Fsp3) is 0.308. The predicted octanol–water partition coefficient (Wildman–Crippen LogP) is 2.77. The first-order valence-electron chi connectivity index (χ1n) is 12.3. The number of pyridine rings is 1. The molecule has 0 unspecified atom stereocenters. The molecule has 0 saturated carbocycles. The lowest BCUT2D eigenvalue weighted by Gasteiger charge is -2.23. The molecule has 0 radical (unpaired) electrons. The van der Waals surface area contributed by atoms with Gasteiger partial charge in [0.2, 0.25) is 16.0 Å². The standard InChI is InChI=1S/C26H27ClN8O4S/c1-13-8-17(14(2)29-19-6-7-21(27)31-23(19)24(36)33-40(5,38)39)22-18(9-13)25(37)34(4)26(32-22)35-11-16-10-28-15(3)30-20(16)12-35/h6-10,14,29H,11-12H2,1-5H3,(H,33,36)/t14-/m1/s1. The first-order valence-corrected chi connectivity index (χ1v) is 14.6. The Morgan fingerprint density at radius 1 is 1.12 bits per heavy atom. The van der Waals surface area contributed by atoms with Crippen LogP contribution < -0.4 is 20.5 Å². The lowest BCUT2D eigenvalue weighted by atomic mass is 10.0. The summed E-state index contributed by atoms with van der Waals surface area (Å²) in [5, 5.41) is 3.70. The molecule has 0 spiro atoms. The van der Waals surface area contributed by atoms with Crippen LogP contribution in [0.15, 0.2) is 35.3 Å². The molecule has 1 aromatic carbocycles. The highest BCUT2D eigenvalue weighted by Crippen LogP contribution is 2.31. The van der Waals surface area contributed by atoms with Gasteiger partial charge in [-0.05, 0) is 44.5 Å². The number of carbonyl (C=O) groups excluding carboxylic acids is 1. The predicted molar refractivity (Wildman–Crippen MR) is 152 cm³/mol. The highest BCUT2D eigenvalue weighted by molar-refractivity contribution is 7.89. The molecule has 2 N–H and O–H groups in total. The first kappa shape index (κ1) is 27.5. The van der Waals surface area contributed by atoms with Crippen molar-refractivity contribution in [3.63, 3.8) is 0 Å². The highest BCUT2D eigenvalue weighted by Gasteiger charge is 2.26. The maximum absolute atomic E-state index is 13.5. The summed E-state index contributed by atoms with van der Waals surface area (Å²) in [6.45, 7) is 6.59. The number of hydrogen-bond donors (Lipinski definition) is 2. The number of hydrogen-bond acceptors (Lipinski definition) is 10. The number of fused-ring (bicyclic) bond motifs is 2. The van der Waals surface area contributed by atoms with Gasteiger partial charge in [-0.2, -0.15) is 0 Å². The van der Waals surface area contributed by atoms with Crippen molar-refractivity contribution < 1.29 is 13.2 Å². The zero-order valence-electron chi connectivity index (χ0n) is 22.5. The Bertz CT molecular complexity index is 1860. The van der Waals surface area contributed by atoms with E-state index in [4.69, 9.17) is 16.6 Å². The van der Waals surface area contributed by atoms with E-state index in [9.17, 15) is 18.0 Å². The van der Waals surface area contributed by atoms with Gasteiger partial charge in [0.15, 0.2) is 5.69 Å². The second-order valence-electron chi connectivity index (χ2n) is 9.87. The Morgan fingerprint density at radius 2 is 1.88 bits per heavy atom. The van der Waals surface area contributed by atoms with Crippen LogP contribution in [0, 0.1) is 13.8 Å². The summed E-state index contributed by atoms with van der Waals surface area (Å²) in [5.41, 5.74) is 3.84. The Kier molecular flexibility index (Phi) is 6.96. The minimum atomic E-state index is -3.83. The van der Waals surface area contributed by atoms with Gasteiger partial charge in [-0.3, -0.25) is 14.2 Å². The van der Waals surface area contributed by atoms with Gasteiger partial charge in [-0.25, -0.2) is 33.1 Å². The summed E-state index contributed by atoms with van der Waals surface area (Å²) in [4.78, 5) is 46.0. The second-order valence-corrected chi connectivity index (χ2v) is 12.0. The van der Waals surface area contributed by atoms with E-state index in [1.807, 2.05) is 36.5 Å². The number of halogens is 1. The molecule has 0 bridgehead atoms. The van der Waals surface area contributed by atoms with Crippen molar-refractivity contribution in [3.8, 4) is 0 Å². The number of anilines is 2. The summed E-state index contributed by atoms with van der Waals surface area (Å²) in [5.74, 6) is 0.252. The minimum Gasteiger partial charge on any atom is -0.377 e. The Labute approximate surface area is 235 Å². The second kappa shape index (κ2) is 10.1. The van der Waals surface area contributed by atoms with Gasteiger partial charge in [0, 0.05) is 30.9 Å². The molecule has 12 nitrogen and oxygen atoms in total. The summed E-state index contributed by atoms with van der Waals surface area (Å²) >= 11 is 6.01. The highest BCUT2D eigenvalue weighted by atomic mass is 35.5. The molecule has 0 saturated heterocycles. The average molecular weight is 583 g/mol. The topological polar surface area (TPSA) is 152 Å². The van der Waals surface area contributed by atoms with Crippen LogP contribution in [0.1, 0.15) is 51.7 Å². The van der Waals surface area contributed by atoms with Crippen LogP contribution in [-0.4, -0.2) is 45.1 Å². The van der Waals surface area contributed by atoms with E-state index >= 15 is 0 Å². The number of nitrogens with zero attached hydrogens (tertiary/aromatic N) is 6. The van der Waals surface area contributed by atoms with E-state index in [-0.39, 0.29) is 22.1 Å². The summed E-state index contributed by atoms with van der Waals surface area (Å²) in [6.07, 6.45) is 2.68. The van der Waals surface area contributed by atoms with E-state index < -0.39 is 22.0 Å². The minimum absolute atomic E-state index is 0.0270. The van der Waals surface area contributed by atoms with Gasteiger partial charge in [0.25, 0.3) is 11.5 Å². The Morgan fingerprint density at radius 3 is 2.60 bits per heavy atom. The van der Waals surface area contributed by atoms with Crippen molar-refractivity contribution in [2.24, 2.45) is 7.05 Å². The number of nitrogens with one attached hydrogen (secondary N) is 2. The molecule has 4 heterocycles. The van der Waals surface area contributed by atoms with Crippen LogP contribution in [0.3, 0.4) is 0 Å². The molecule has 4 aromatic rings. The number of carbonyl (C=O) groups is 1. The number of rotatable bonds is 6. The Hall–Kier alpha value is -4.10. The fourth-order valence-corrected chi connectivity index (χ4v) is 5.38. The van der Waals surface area contributed by atoms with Crippen LogP contribution in [0.4, 0.5) is 11.6 Å². The third-order valence-electron chi connectivity index (χ3n) is 6.58. The van der Waals surface area contributed by atoms with Gasteiger partial charge < -0.3 is 10.2 Å². The summed E-state index contributed by atoms with van der Waals surface area (Å²) < 4.78 is 26.8. The number of aryl methyl sites for hydroxylation is 2. The molecular formula is C26H27ClN8O4S. The van der Waals surface area contributed by atoms with Crippen molar-refractivity contribution in [1.29, 1.82) is 0 Å². The van der Waals surface area contributed by atoms with Crippen molar-refractivity contribution in [2.45, 2.75) is 39.9 Å². The largest absolute Gasteiger partial charge is 0.377 e. The molecule has 0 aliphatic carbocycles. The third-order valence-corrected chi connectivity index (χ3v) is 7.35. The Balaban J connectivity index is 1.56. The molecule has 14 heteroatoms. The van der Waals surface area contributed by atoms with E-state index in [0.29, 0.717) is 41.3 Å². The van der Waals surface area contributed by atoms with Crippen LogP contribution in [0.25, 0.3) is 10.9 Å². The van der Waals surface area contributed by atoms with Gasteiger partial charge in [-0.15, -0.1) is 0 Å². The van der Waals surface area contributed by atoms with E-state index in [1.165, 1.54) is 10.6 Å². The molecule has 208 valence electrons. The molecular weight excluding hydrogens is 556 g/mol. The number of benzene rings is 1. The molecule has 1 amide bonds. The normalized spacial score (nSPS) is 13.8. The molecule has 1 aliphatic rings. The van der Waals surface area contributed by atoms with E-state index in [2.05, 4.69) is 20.3 Å². The van der Waals surface area contributed by atoms with E-state index in [1.54, 1.807) is 25.4 Å².